The fourth-order valence-corrected chi connectivity index (χ4v) is 2.42. The number of carbonyl (C=O) groups is 1. The molecule has 2 heterocycles. The van der Waals surface area contributed by atoms with E-state index in [4.69, 9.17) is 5.73 Å². The molecule has 0 aromatic carbocycles. The van der Waals surface area contributed by atoms with Gasteiger partial charge in [0.05, 0.1) is 20.0 Å². The Bertz CT molecular complexity index is 533. The maximum absolute atomic E-state index is 11.8. The summed E-state index contributed by atoms with van der Waals surface area (Å²) in [5.41, 5.74) is 6.92. The highest BCUT2D eigenvalue weighted by Crippen LogP contribution is 2.24. The van der Waals surface area contributed by atoms with Gasteiger partial charge < -0.3 is 11.1 Å². The normalized spacial score (nSPS) is 10.4. The molecule has 0 aliphatic carbocycles. The number of thiophene rings is 1. The average molecular weight is 301 g/mol. The van der Waals surface area contributed by atoms with E-state index in [0.29, 0.717) is 16.4 Å². The van der Waals surface area contributed by atoms with Crippen LogP contribution in [0.2, 0.25) is 0 Å². The second-order valence-electron chi connectivity index (χ2n) is 3.17. The summed E-state index contributed by atoms with van der Waals surface area (Å²) in [5, 5.41) is 9.25. The van der Waals surface area contributed by atoms with E-state index in [1.54, 1.807) is 13.0 Å². The zero-order chi connectivity index (χ0) is 11.7. The van der Waals surface area contributed by atoms with Gasteiger partial charge >= 0.3 is 0 Å². The van der Waals surface area contributed by atoms with Gasteiger partial charge in [-0.25, -0.2) is 0 Å². The predicted molar refractivity (Wildman–Crippen MR) is 67.7 cm³/mol. The standard InChI is InChI=1S/C9H9BrN4OS/c1-4-7(11)8(14-13-4)12-9(15)5-2-3-6(10)16-5/h2-3H,11H2,1H3,(H2,12,13,14,15). The van der Waals surface area contributed by atoms with Gasteiger partial charge in [-0.15, -0.1) is 11.3 Å². The average Bonchev–Trinajstić information content (AvgIpc) is 2.79. The summed E-state index contributed by atoms with van der Waals surface area (Å²) in [4.78, 5) is 12.4. The van der Waals surface area contributed by atoms with E-state index >= 15 is 0 Å². The van der Waals surface area contributed by atoms with E-state index in [-0.39, 0.29) is 5.91 Å². The Morgan fingerprint density at radius 3 is 2.88 bits per heavy atom. The van der Waals surface area contributed by atoms with Crippen molar-refractivity contribution in [3.05, 3.63) is 26.5 Å². The Labute approximate surface area is 104 Å². The Hall–Kier alpha value is -1.34. The Balaban J connectivity index is 2.17. The zero-order valence-electron chi connectivity index (χ0n) is 8.37. The van der Waals surface area contributed by atoms with Crippen LogP contribution in [0.3, 0.4) is 0 Å². The van der Waals surface area contributed by atoms with E-state index in [2.05, 4.69) is 31.4 Å². The Morgan fingerprint density at radius 2 is 2.38 bits per heavy atom. The number of aryl methyl sites for hydroxylation is 1. The fourth-order valence-electron chi connectivity index (χ4n) is 1.14. The van der Waals surface area contributed by atoms with Gasteiger partial charge in [0.15, 0.2) is 5.82 Å². The van der Waals surface area contributed by atoms with Crippen molar-refractivity contribution in [1.29, 1.82) is 0 Å². The van der Waals surface area contributed by atoms with Gasteiger partial charge in [-0.05, 0) is 35.0 Å². The summed E-state index contributed by atoms with van der Waals surface area (Å²) in [6.07, 6.45) is 0. The minimum atomic E-state index is -0.214. The van der Waals surface area contributed by atoms with Crippen LogP contribution in [0.4, 0.5) is 11.5 Å². The monoisotopic (exact) mass is 300 g/mol. The smallest absolute Gasteiger partial charge is 0.267 e. The van der Waals surface area contributed by atoms with E-state index in [9.17, 15) is 4.79 Å². The number of amides is 1. The predicted octanol–water partition coefficient (Wildman–Crippen LogP) is 2.38. The lowest BCUT2D eigenvalue weighted by Gasteiger charge is -2.00. The molecule has 0 fully saturated rings. The molecule has 16 heavy (non-hydrogen) atoms. The molecule has 0 saturated heterocycles. The second kappa shape index (κ2) is 4.26. The molecular weight excluding hydrogens is 292 g/mol. The molecule has 2 aromatic heterocycles. The van der Waals surface area contributed by atoms with Crippen molar-refractivity contribution in [3.8, 4) is 0 Å². The second-order valence-corrected chi connectivity index (χ2v) is 5.63. The number of anilines is 2. The van der Waals surface area contributed by atoms with Gasteiger partial charge in [0.2, 0.25) is 0 Å². The molecule has 0 aliphatic heterocycles. The molecule has 7 heteroatoms. The summed E-state index contributed by atoms with van der Waals surface area (Å²) in [6.45, 7) is 1.79. The van der Waals surface area contributed by atoms with Gasteiger partial charge in [0, 0.05) is 0 Å². The summed E-state index contributed by atoms with van der Waals surface area (Å²) in [5.74, 6) is 0.154. The number of H-pyrrole nitrogens is 1. The van der Waals surface area contributed by atoms with Crippen LogP contribution < -0.4 is 11.1 Å². The maximum atomic E-state index is 11.8. The molecule has 5 nitrogen and oxygen atoms in total. The third kappa shape index (κ3) is 2.10. The number of rotatable bonds is 2. The SMILES string of the molecule is Cc1[nH]nc(NC(=O)c2ccc(Br)s2)c1N. The lowest BCUT2D eigenvalue weighted by atomic mass is 10.4. The molecule has 84 valence electrons. The lowest BCUT2D eigenvalue weighted by Crippen LogP contribution is -2.11. The first-order chi connectivity index (χ1) is 7.58. The van der Waals surface area contributed by atoms with Crippen molar-refractivity contribution in [3.63, 3.8) is 0 Å². The first-order valence-corrected chi connectivity index (χ1v) is 6.06. The van der Waals surface area contributed by atoms with Gasteiger partial charge in [-0.2, -0.15) is 5.10 Å². The minimum absolute atomic E-state index is 0.214. The molecule has 0 saturated carbocycles. The maximum Gasteiger partial charge on any atom is 0.267 e. The number of hydrogen-bond donors (Lipinski definition) is 3. The molecular formula is C9H9BrN4OS. The Morgan fingerprint density at radius 1 is 1.62 bits per heavy atom. The van der Waals surface area contributed by atoms with Crippen LogP contribution in [-0.4, -0.2) is 16.1 Å². The van der Waals surface area contributed by atoms with E-state index in [1.165, 1.54) is 11.3 Å². The first kappa shape index (κ1) is 11.2. The quantitative estimate of drug-likeness (QED) is 0.796. The minimum Gasteiger partial charge on any atom is -0.394 e. The number of aromatic amines is 1. The summed E-state index contributed by atoms with van der Waals surface area (Å²) < 4.78 is 0.906. The molecule has 2 aromatic rings. The molecule has 0 atom stereocenters. The Kier molecular flexibility index (Phi) is 2.97. The molecule has 0 spiro atoms. The van der Waals surface area contributed by atoms with Crippen molar-refractivity contribution in [2.24, 2.45) is 0 Å². The van der Waals surface area contributed by atoms with Crippen LogP contribution in [0.5, 0.6) is 0 Å². The fraction of sp³-hybridized carbons (Fsp3) is 0.111. The van der Waals surface area contributed by atoms with Crippen LogP contribution in [0, 0.1) is 6.92 Å². The number of nitrogens with one attached hydrogen (secondary N) is 2. The van der Waals surface area contributed by atoms with Crippen LogP contribution in [0.15, 0.2) is 15.9 Å². The molecule has 2 rings (SSSR count). The van der Waals surface area contributed by atoms with Crippen LogP contribution in [0.25, 0.3) is 0 Å². The van der Waals surface area contributed by atoms with Crippen molar-refractivity contribution in [1.82, 2.24) is 10.2 Å². The molecule has 0 bridgehead atoms. The highest BCUT2D eigenvalue weighted by Gasteiger charge is 2.13. The number of nitrogens with two attached hydrogens (primary N) is 1. The number of nitrogens with zero attached hydrogens (tertiary/aromatic N) is 1. The largest absolute Gasteiger partial charge is 0.394 e. The topological polar surface area (TPSA) is 83.8 Å². The lowest BCUT2D eigenvalue weighted by molar-refractivity contribution is 0.103. The highest BCUT2D eigenvalue weighted by molar-refractivity contribution is 9.11. The number of hydrogen-bond acceptors (Lipinski definition) is 4. The van der Waals surface area contributed by atoms with Crippen molar-refractivity contribution < 1.29 is 4.79 Å². The van der Waals surface area contributed by atoms with Crippen LogP contribution in [-0.2, 0) is 0 Å². The zero-order valence-corrected chi connectivity index (χ0v) is 10.8. The van der Waals surface area contributed by atoms with E-state index < -0.39 is 0 Å². The van der Waals surface area contributed by atoms with Crippen LogP contribution in [0.1, 0.15) is 15.4 Å². The number of aromatic nitrogens is 2. The van der Waals surface area contributed by atoms with Crippen LogP contribution >= 0.6 is 27.3 Å². The molecule has 0 unspecified atom stereocenters. The third-order valence-electron chi connectivity index (χ3n) is 2.02. The summed E-state index contributed by atoms with van der Waals surface area (Å²) >= 11 is 4.65. The third-order valence-corrected chi connectivity index (χ3v) is 3.65. The summed E-state index contributed by atoms with van der Waals surface area (Å²) in [7, 11) is 0. The van der Waals surface area contributed by atoms with Gasteiger partial charge in [0.25, 0.3) is 5.91 Å². The van der Waals surface area contributed by atoms with Gasteiger partial charge in [0.1, 0.15) is 0 Å². The van der Waals surface area contributed by atoms with Gasteiger partial charge in [-0.1, -0.05) is 0 Å². The molecule has 0 aliphatic rings. The molecule has 1 amide bonds. The number of carbonyl (C=O) groups excluding carboxylic acids is 1. The van der Waals surface area contributed by atoms with Gasteiger partial charge in [-0.3, -0.25) is 9.89 Å². The molecule has 0 radical (unpaired) electrons. The number of nitrogen functional groups attached to an aromatic ring is 1. The van der Waals surface area contributed by atoms with Crippen molar-refractivity contribution in [2.75, 3.05) is 11.1 Å². The molecule has 4 N–H and O–H groups in total. The number of halogens is 1. The van der Waals surface area contributed by atoms with E-state index in [1.807, 2.05) is 6.07 Å². The van der Waals surface area contributed by atoms with Crippen molar-refractivity contribution >= 4 is 44.7 Å². The summed E-state index contributed by atoms with van der Waals surface area (Å²) in [6, 6.07) is 3.55. The van der Waals surface area contributed by atoms with Crippen molar-refractivity contribution in [2.45, 2.75) is 6.92 Å². The van der Waals surface area contributed by atoms with E-state index in [0.717, 1.165) is 9.48 Å². The highest BCUT2D eigenvalue weighted by atomic mass is 79.9. The first-order valence-electron chi connectivity index (χ1n) is 4.45.